The Hall–Kier alpha value is -4.12. The van der Waals surface area contributed by atoms with E-state index in [1.165, 1.54) is 11.3 Å². The Balaban J connectivity index is 1.47. The van der Waals surface area contributed by atoms with Crippen molar-refractivity contribution < 1.29 is 18.3 Å². The number of hydrogen-bond donors (Lipinski definition) is 2. The van der Waals surface area contributed by atoms with Gasteiger partial charge in [0.15, 0.2) is 9.84 Å². The van der Waals surface area contributed by atoms with Gasteiger partial charge in [-0.2, -0.15) is 0 Å². The molecule has 2 N–H and O–H groups in total. The number of aromatic nitrogens is 1. The third-order valence-electron chi connectivity index (χ3n) is 5.59. The lowest BCUT2D eigenvalue weighted by Gasteiger charge is -2.10. The summed E-state index contributed by atoms with van der Waals surface area (Å²) in [5, 5.41) is 12.6. The minimum absolute atomic E-state index is 0.0761. The first-order chi connectivity index (χ1) is 16.9. The molecule has 5 rings (SSSR count). The molecular weight excluding hydrogens is 478 g/mol. The number of benzene rings is 3. The molecule has 0 unspecified atom stereocenters. The summed E-state index contributed by atoms with van der Waals surface area (Å²) in [6, 6.07) is 23.2. The highest BCUT2D eigenvalue weighted by molar-refractivity contribution is 7.92. The SMILES string of the molecule is O=C(O)c1cccc(C#Cc2ccc(CS(=O)(=O)c3cccs3)cc2)c1-c1ccc2cc[nH]c2c1. The van der Waals surface area contributed by atoms with Gasteiger partial charge in [0.2, 0.25) is 0 Å². The molecule has 0 radical (unpaired) electrons. The van der Waals surface area contributed by atoms with E-state index in [9.17, 15) is 18.3 Å². The Morgan fingerprint density at radius 2 is 1.77 bits per heavy atom. The highest BCUT2D eigenvalue weighted by Crippen LogP contribution is 2.30. The highest BCUT2D eigenvalue weighted by Gasteiger charge is 2.17. The van der Waals surface area contributed by atoms with Crippen LogP contribution in [-0.4, -0.2) is 24.5 Å². The summed E-state index contributed by atoms with van der Waals surface area (Å²) >= 11 is 1.21. The van der Waals surface area contributed by atoms with Crippen molar-refractivity contribution in [1.29, 1.82) is 0 Å². The number of aromatic carboxylic acids is 1. The Labute approximate surface area is 206 Å². The summed E-state index contributed by atoms with van der Waals surface area (Å²) in [4.78, 5) is 15.1. The fraction of sp³-hybridized carbons (Fsp3) is 0.0357. The number of H-pyrrole nitrogens is 1. The summed E-state index contributed by atoms with van der Waals surface area (Å²) in [5.74, 6) is 5.11. The summed E-state index contributed by atoms with van der Waals surface area (Å²) in [6.45, 7) is 0. The van der Waals surface area contributed by atoms with Gasteiger partial charge in [-0.1, -0.05) is 48.2 Å². The second kappa shape index (κ2) is 9.26. The fourth-order valence-electron chi connectivity index (χ4n) is 3.90. The quantitative estimate of drug-likeness (QED) is 0.293. The predicted molar refractivity (Wildman–Crippen MR) is 138 cm³/mol. The Kier molecular flexibility index (Phi) is 6.00. The third-order valence-corrected chi connectivity index (χ3v) is 8.77. The van der Waals surface area contributed by atoms with Crippen molar-refractivity contribution in [2.75, 3.05) is 0 Å². The summed E-state index contributed by atoms with van der Waals surface area (Å²) < 4.78 is 25.4. The van der Waals surface area contributed by atoms with Gasteiger partial charge < -0.3 is 10.1 Å². The number of rotatable bonds is 5. The first-order valence-electron chi connectivity index (χ1n) is 10.7. The van der Waals surface area contributed by atoms with Gasteiger partial charge in [0, 0.05) is 28.4 Å². The number of nitrogens with one attached hydrogen (secondary N) is 1. The van der Waals surface area contributed by atoms with Crippen LogP contribution >= 0.6 is 11.3 Å². The van der Waals surface area contributed by atoms with Crippen LogP contribution in [0, 0.1) is 11.8 Å². The number of carboxylic acids is 1. The van der Waals surface area contributed by atoms with E-state index >= 15 is 0 Å². The van der Waals surface area contributed by atoms with Crippen LogP contribution < -0.4 is 0 Å². The molecular formula is C28H19NO4S2. The second-order valence-corrected chi connectivity index (χ2v) is 11.1. The van der Waals surface area contributed by atoms with Crippen LogP contribution in [0.2, 0.25) is 0 Å². The first-order valence-corrected chi connectivity index (χ1v) is 13.2. The molecule has 3 aromatic carbocycles. The molecule has 0 bridgehead atoms. The number of carbonyl (C=O) groups is 1. The van der Waals surface area contributed by atoms with Crippen molar-refractivity contribution >= 4 is 38.0 Å². The average molecular weight is 498 g/mol. The number of hydrogen-bond acceptors (Lipinski definition) is 4. The number of carboxylic acid groups (broad SMARTS) is 1. The molecule has 5 nitrogen and oxygen atoms in total. The zero-order chi connectivity index (χ0) is 24.4. The smallest absolute Gasteiger partial charge is 0.336 e. The second-order valence-electron chi connectivity index (χ2n) is 7.95. The molecule has 2 heterocycles. The third kappa shape index (κ3) is 4.76. The van der Waals surface area contributed by atoms with E-state index in [0.717, 1.165) is 16.5 Å². The van der Waals surface area contributed by atoms with Crippen LogP contribution in [0.1, 0.15) is 27.0 Å². The number of fused-ring (bicyclic) bond motifs is 1. The van der Waals surface area contributed by atoms with Crippen molar-refractivity contribution in [2.45, 2.75) is 9.96 Å². The van der Waals surface area contributed by atoms with E-state index in [-0.39, 0.29) is 11.3 Å². The van der Waals surface area contributed by atoms with Crippen LogP contribution in [-0.2, 0) is 15.6 Å². The molecule has 5 aromatic rings. The van der Waals surface area contributed by atoms with Crippen LogP contribution in [0.4, 0.5) is 0 Å². The van der Waals surface area contributed by atoms with Crippen molar-refractivity contribution in [3.8, 4) is 23.0 Å². The van der Waals surface area contributed by atoms with Crippen molar-refractivity contribution in [1.82, 2.24) is 4.98 Å². The lowest BCUT2D eigenvalue weighted by atomic mass is 9.93. The first kappa shape index (κ1) is 22.7. The average Bonchev–Trinajstić information content (AvgIpc) is 3.55. The summed E-state index contributed by atoms with van der Waals surface area (Å²) in [7, 11) is -3.37. The van der Waals surface area contributed by atoms with Crippen LogP contribution in [0.15, 0.2) is 94.6 Å². The molecule has 7 heteroatoms. The maximum Gasteiger partial charge on any atom is 0.336 e. The molecule has 0 aliphatic rings. The molecule has 2 aromatic heterocycles. The van der Waals surface area contributed by atoms with Crippen molar-refractivity contribution in [2.24, 2.45) is 0 Å². The predicted octanol–water partition coefficient (Wildman–Crippen LogP) is 5.97. The van der Waals surface area contributed by atoms with E-state index in [2.05, 4.69) is 16.8 Å². The van der Waals surface area contributed by atoms with Gasteiger partial charge in [-0.25, -0.2) is 13.2 Å². The summed E-state index contributed by atoms with van der Waals surface area (Å²) in [5.41, 5.74) is 4.39. The summed E-state index contributed by atoms with van der Waals surface area (Å²) in [6.07, 6.45) is 1.84. The topological polar surface area (TPSA) is 87.2 Å². The maximum atomic E-state index is 12.5. The molecule has 35 heavy (non-hydrogen) atoms. The normalized spacial score (nSPS) is 11.2. The van der Waals surface area contributed by atoms with Gasteiger partial charge >= 0.3 is 5.97 Å². The minimum Gasteiger partial charge on any atom is -0.478 e. The van der Waals surface area contributed by atoms with Gasteiger partial charge in [-0.05, 0) is 64.4 Å². The monoisotopic (exact) mass is 497 g/mol. The minimum atomic E-state index is -3.37. The van der Waals surface area contributed by atoms with Crippen molar-refractivity contribution in [3.63, 3.8) is 0 Å². The van der Waals surface area contributed by atoms with Gasteiger partial charge in [0.05, 0.1) is 11.3 Å². The standard InChI is InChI=1S/C28H19NO4S2/c30-28(31)24-4-1-3-22(27(24)23-13-12-21-14-15-29-25(21)17-23)11-10-19-6-8-20(9-7-19)18-35(32,33)26-5-2-16-34-26/h1-9,12-17,29H,18H2,(H,30,31). The molecule has 0 amide bonds. The largest absolute Gasteiger partial charge is 0.478 e. The van der Waals surface area contributed by atoms with Gasteiger partial charge in [0.25, 0.3) is 0 Å². The lowest BCUT2D eigenvalue weighted by molar-refractivity contribution is 0.0697. The van der Waals surface area contributed by atoms with Gasteiger partial charge in [-0.3, -0.25) is 0 Å². The van der Waals surface area contributed by atoms with Crippen LogP contribution in [0.3, 0.4) is 0 Å². The van der Waals surface area contributed by atoms with E-state index < -0.39 is 15.8 Å². The molecule has 172 valence electrons. The Bertz CT molecular complexity index is 1700. The maximum absolute atomic E-state index is 12.5. The van der Waals surface area contributed by atoms with Gasteiger partial charge in [0.1, 0.15) is 4.21 Å². The Morgan fingerprint density at radius 1 is 0.943 bits per heavy atom. The molecule has 0 aliphatic heterocycles. The Morgan fingerprint density at radius 3 is 2.51 bits per heavy atom. The van der Waals surface area contributed by atoms with E-state index in [0.29, 0.717) is 26.5 Å². The zero-order valence-electron chi connectivity index (χ0n) is 18.4. The molecule has 0 atom stereocenters. The zero-order valence-corrected chi connectivity index (χ0v) is 20.0. The van der Waals surface area contributed by atoms with Crippen molar-refractivity contribution in [3.05, 3.63) is 113 Å². The van der Waals surface area contributed by atoms with E-state index in [4.69, 9.17) is 0 Å². The molecule has 0 saturated heterocycles. The number of sulfone groups is 1. The van der Waals surface area contributed by atoms with E-state index in [1.54, 1.807) is 60.0 Å². The lowest BCUT2D eigenvalue weighted by Crippen LogP contribution is -2.02. The van der Waals surface area contributed by atoms with Gasteiger partial charge in [-0.15, -0.1) is 11.3 Å². The van der Waals surface area contributed by atoms with Crippen LogP contribution in [0.25, 0.3) is 22.0 Å². The molecule has 0 saturated carbocycles. The highest BCUT2D eigenvalue weighted by atomic mass is 32.2. The number of thiophene rings is 1. The molecule has 0 spiro atoms. The van der Waals surface area contributed by atoms with Crippen LogP contribution in [0.5, 0.6) is 0 Å². The molecule has 0 aliphatic carbocycles. The molecule has 0 fully saturated rings. The fourth-order valence-corrected chi connectivity index (χ4v) is 6.34. The van der Waals surface area contributed by atoms with E-state index in [1.807, 2.05) is 30.5 Å². The number of aromatic amines is 1.